The summed E-state index contributed by atoms with van der Waals surface area (Å²) >= 11 is 0. The van der Waals surface area contributed by atoms with Crippen molar-refractivity contribution >= 4 is 12.0 Å². The van der Waals surface area contributed by atoms with Gasteiger partial charge >= 0.3 is 6.03 Å². The molecule has 0 aromatic rings. The molecule has 0 aromatic heterocycles. The summed E-state index contributed by atoms with van der Waals surface area (Å²) in [6.45, 7) is 6.26. The summed E-state index contributed by atoms with van der Waals surface area (Å²) in [6.07, 6.45) is 7.25. The van der Waals surface area contributed by atoms with E-state index in [1.54, 1.807) is 0 Å². The zero-order valence-corrected chi connectivity index (χ0v) is 10.5. The maximum Gasteiger partial charge on any atom is 0.322 e. The maximum atomic E-state index is 11.4. The molecule has 17 heavy (non-hydrogen) atoms. The Kier molecular flexibility index (Phi) is 3.93. The fourth-order valence-corrected chi connectivity index (χ4v) is 1.81. The number of nitrogens with two attached hydrogens (primary N) is 1. The first-order chi connectivity index (χ1) is 7.86. The standard InChI is InChI=1S/C12H20N4O/c1-4-12(3)6-5-9(8(2)7-12)15-11(17)16-10(13)14/h5-7,9H,4H2,1-3H3,(H5,13,14,15,16,17). The van der Waals surface area contributed by atoms with Crippen molar-refractivity contribution in [3.63, 3.8) is 0 Å². The Morgan fingerprint density at radius 1 is 1.65 bits per heavy atom. The normalized spacial score (nSPS) is 27.2. The lowest BCUT2D eigenvalue weighted by Gasteiger charge is -2.29. The molecule has 0 saturated carbocycles. The zero-order chi connectivity index (χ0) is 13.1. The Morgan fingerprint density at radius 3 is 2.76 bits per heavy atom. The molecule has 1 rings (SSSR count). The summed E-state index contributed by atoms with van der Waals surface area (Å²) in [7, 11) is 0. The largest absolute Gasteiger partial charge is 0.370 e. The second-order valence-electron chi connectivity index (χ2n) is 4.60. The van der Waals surface area contributed by atoms with E-state index < -0.39 is 6.03 Å². The second kappa shape index (κ2) is 5.03. The van der Waals surface area contributed by atoms with Crippen LogP contribution in [0.3, 0.4) is 0 Å². The molecule has 0 aromatic carbocycles. The van der Waals surface area contributed by atoms with Crippen LogP contribution in [0.25, 0.3) is 0 Å². The van der Waals surface area contributed by atoms with E-state index in [0.29, 0.717) is 0 Å². The lowest BCUT2D eigenvalue weighted by Crippen LogP contribution is -2.47. The Hall–Kier alpha value is -1.78. The minimum absolute atomic E-state index is 0.0688. The van der Waals surface area contributed by atoms with Crippen LogP contribution in [0.5, 0.6) is 0 Å². The van der Waals surface area contributed by atoms with Crippen LogP contribution < -0.4 is 16.4 Å². The van der Waals surface area contributed by atoms with Crippen molar-refractivity contribution in [1.29, 1.82) is 5.41 Å². The Bertz CT molecular complexity index is 386. The molecule has 94 valence electrons. The predicted molar refractivity (Wildman–Crippen MR) is 68.7 cm³/mol. The number of rotatable bonds is 2. The van der Waals surface area contributed by atoms with Gasteiger partial charge in [0.05, 0.1) is 6.04 Å². The molecule has 0 radical (unpaired) electrons. The Labute approximate surface area is 102 Å². The van der Waals surface area contributed by atoms with Crippen LogP contribution in [0.15, 0.2) is 23.8 Å². The highest BCUT2D eigenvalue weighted by Crippen LogP contribution is 2.31. The molecule has 2 amide bonds. The van der Waals surface area contributed by atoms with Crippen LogP contribution >= 0.6 is 0 Å². The number of guanidine groups is 1. The first kappa shape index (κ1) is 13.3. The summed E-state index contributed by atoms with van der Waals surface area (Å²) < 4.78 is 0. The van der Waals surface area contributed by atoms with E-state index in [4.69, 9.17) is 11.1 Å². The first-order valence-electron chi connectivity index (χ1n) is 5.66. The van der Waals surface area contributed by atoms with E-state index in [9.17, 15) is 4.79 Å². The van der Waals surface area contributed by atoms with E-state index in [2.05, 4.69) is 36.6 Å². The highest BCUT2D eigenvalue weighted by atomic mass is 16.2. The molecule has 2 atom stereocenters. The monoisotopic (exact) mass is 236 g/mol. The van der Waals surface area contributed by atoms with Gasteiger partial charge in [-0.05, 0) is 13.3 Å². The van der Waals surface area contributed by atoms with E-state index in [0.717, 1.165) is 12.0 Å². The minimum Gasteiger partial charge on any atom is -0.370 e. The van der Waals surface area contributed by atoms with Crippen molar-refractivity contribution in [2.24, 2.45) is 11.1 Å². The quantitative estimate of drug-likeness (QED) is 0.332. The molecule has 5 heteroatoms. The van der Waals surface area contributed by atoms with Gasteiger partial charge in [-0.3, -0.25) is 10.7 Å². The molecule has 0 fully saturated rings. The Balaban J connectivity index is 2.65. The van der Waals surface area contributed by atoms with E-state index in [1.807, 2.05) is 13.0 Å². The van der Waals surface area contributed by atoms with Crippen molar-refractivity contribution in [2.45, 2.75) is 33.2 Å². The van der Waals surface area contributed by atoms with Crippen molar-refractivity contribution < 1.29 is 4.79 Å². The van der Waals surface area contributed by atoms with Crippen LogP contribution in [-0.4, -0.2) is 18.0 Å². The number of carbonyl (C=O) groups excluding carboxylic acids is 1. The molecule has 2 unspecified atom stereocenters. The van der Waals surface area contributed by atoms with Crippen LogP contribution in [0.4, 0.5) is 4.79 Å². The Morgan fingerprint density at radius 2 is 2.29 bits per heavy atom. The summed E-state index contributed by atoms with van der Waals surface area (Å²) in [4.78, 5) is 11.4. The van der Waals surface area contributed by atoms with E-state index in [-0.39, 0.29) is 17.4 Å². The first-order valence-corrected chi connectivity index (χ1v) is 5.66. The minimum atomic E-state index is -0.458. The smallest absolute Gasteiger partial charge is 0.322 e. The van der Waals surface area contributed by atoms with Gasteiger partial charge in [0.15, 0.2) is 5.96 Å². The van der Waals surface area contributed by atoms with Gasteiger partial charge in [-0.25, -0.2) is 4.79 Å². The fourth-order valence-electron chi connectivity index (χ4n) is 1.81. The maximum absolute atomic E-state index is 11.4. The molecular weight excluding hydrogens is 216 g/mol. The average molecular weight is 236 g/mol. The van der Waals surface area contributed by atoms with Gasteiger partial charge in [-0.1, -0.05) is 37.6 Å². The van der Waals surface area contributed by atoms with Crippen molar-refractivity contribution in [1.82, 2.24) is 10.6 Å². The molecule has 0 spiro atoms. The van der Waals surface area contributed by atoms with Crippen LogP contribution in [0.1, 0.15) is 27.2 Å². The molecule has 0 heterocycles. The lowest BCUT2D eigenvalue weighted by atomic mass is 9.80. The van der Waals surface area contributed by atoms with Crippen molar-refractivity contribution in [2.75, 3.05) is 0 Å². The molecule has 1 aliphatic carbocycles. The van der Waals surface area contributed by atoms with Crippen LogP contribution in [-0.2, 0) is 0 Å². The summed E-state index contributed by atoms with van der Waals surface area (Å²) in [5.41, 5.74) is 6.24. The molecule has 5 N–H and O–H groups in total. The van der Waals surface area contributed by atoms with Crippen molar-refractivity contribution in [3.8, 4) is 0 Å². The number of hydrogen-bond donors (Lipinski definition) is 4. The summed E-state index contributed by atoms with van der Waals surface area (Å²) in [5.74, 6) is -0.359. The molecule has 5 nitrogen and oxygen atoms in total. The number of allylic oxidation sites excluding steroid dienone is 2. The van der Waals surface area contributed by atoms with Crippen LogP contribution in [0.2, 0.25) is 0 Å². The predicted octanol–water partition coefficient (Wildman–Crippen LogP) is 1.48. The van der Waals surface area contributed by atoms with Crippen LogP contribution in [0, 0.1) is 10.8 Å². The lowest BCUT2D eigenvalue weighted by molar-refractivity contribution is 0.244. The summed E-state index contributed by atoms with van der Waals surface area (Å²) in [6, 6.07) is -0.589. The molecule has 0 aliphatic heterocycles. The second-order valence-corrected chi connectivity index (χ2v) is 4.60. The average Bonchev–Trinajstić information content (AvgIpc) is 2.21. The molecule has 0 bridgehead atoms. The SMILES string of the molecule is CCC1(C)C=CC(NC(=O)NC(=N)N)C(C)=C1. The van der Waals surface area contributed by atoms with Gasteiger partial charge in [0.1, 0.15) is 0 Å². The number of amides is 2. The number of hydrogen-bond acceptors (Lipinski definition) is 2. The third kappa shape index (κ3) is 3.62. The highest BCUT2D eigenvalue weighted by Gasteiger charge is 2.23. The van der Waals surface area contributed by atoms with Gasteiger partial charge in [0.25, 0.3) is 0 Å². The summed E-state index contributed by atoms with van der Waals surface area (Å²) in [5, 5.41) is 11.9. The molecule has 1 aliphatic rings. The third-order valence-electron chi connectivity index (χ3n) is 3.01. The van der Waals surface area contributed by atoms with Gasteiger partial charge in [0, 0.05) is 5.41 Å². The number of nitrogens with one attached hydrogen (secondary N) is 3. The zero-order valence-electron chi connectivity index (χ0n) is 10.5. The number of carbonyl (C=O) groups is 1. The van der Waals surface area contributed by atoms with Gasteiger partial charge in [-0.2, -0.15) is 0 Å². The number of urea groups is 1. The molecule has 0 saturated heterocycles. The third-order valence-corrected chi connectivity index (χ3v) is 3.01. The van der Waals surface area contributed by atoms with E-state index >= 15 is 0 Å². The van der Waals surface area contributed by atoms with Gasteiger partial charge in [-0.15, -0.1) is 0 Å². The molecular formula is C12H20N4O. The van der Waals surface area contributed by atoms with E-state index in [1.165, 1.54) is 0 Å². The topological polar surface area (TPSA) is 91.0 Å². The van der Waals surface area contributed by atoms with Gasteiger partial charge in [0.2, 0.25) is 0 Å². The van der Waals surface area contributed by atoms with Gasteiger partial charge < -0.3 is 11.1 Å². The van der Waals surface area contributed by atoms with Crippen molar-refractivity contribution in [3.05, 3.63) is 23.8 Å². The highest BCUT2D eigenvalue weighted by molar-refractivity contribution is 5.93. The fraction of sp³-hybridized carbons (Fsp3) is 0.500.